The van der Waals surface area contributed by atoms with Gasteiger partial charge in [0.05, 0.1) is 30.9 Å². The minimum absolute atomic E-state index is 0.145. The number of hydrogen-bond donors (Lipinski definition) is 1. The number of hydrogen-bond acceptors (Lipinski definition) is 7. The number of carbonyl (C=O) groups excluding carboxylic acids is 1. The molecule has 1 aromatic carbocycles. The lowest BCUT2D eigenvalue weighted by atomic mass is 9.97. The van der Waals surface area contributed by atoms with Crippen molar-refractivity contribution in [1.82, 2.24) is 24.3 Å². The van der Waals surface area contributed by atoms with Crippen LogP contribution in [0.25, 0.3) is 0 Å². The van der Waals surface area contributed by atoms with Crippen molar-refractivity contribution in [3.05, 3.63) is 35.0 Å². The molecule has 1 N–H and O–H groups in total. The molecule has 200 valence electrons. The molecule has 1 saturated heterocycles. The number of ether oxygens (including phenoxy) is 1. The van der Waals surface area contributed by atoms with Crippen molar-refractivity contribution in [2.24, 2.45) is 0 Å². The monoisotopic (exact) mass is 523 g/mol. The van der Waals surface area contributed by atoms with E-state index in [9.17, 15) is 17.6 Å². The van der Waals surface area contributed by atoms with E-state index in [1.54, 1.807) is 18.2 Å². The number of alkyl halides is 1. The molecule has 1 amide bonds. The number of piperazine rings is 1. The van der Waals surface area contributed by atoms with Gasteiger partial charge in [0.1, 0.15) is 11.4 Å². The summed E-state index contributed by atoms with van der Waals surface area (Å²) in [5.41, 5.74) is 2.26. The Morgan fingerprint density at radius 3 is 2.53 bits per heavy atom. The molecule has 4 rings (SSSR count). The van der Waals surface area contributed by atoms with Crippen LogP contribution in [0.2, 0.25) is 0 Å². The van der Waals surface area contributed by atoms with Gasteiger partial charge in [0.2, 0.25) is 10.0 Å². The van der Waals surface area contributed by atoms with Gasteiger partial charge in [-0.25, -0.2) is 8.42 Å². The number of benzene rings is 1. The molecule has 0 bridgehead atoms. The van der Waals surface area contributed by atoms with Gasteiger partial charge in [0, 0.05) is 51.9 Å². The molecule has 0 spiro atoms. The summed E-state index contributed by atoms with van der Waals surface area (Å²) >= 11 is 0. The molecular formula is C25H38FN5O4S. The number of halogens is 1. The molecule has 0 aromatic heterocycles. The Balaban J connectivity index is 1.64. The van der Waals surface area contributed by atoms with E-state index in [0.717, 1.165) is 18.5 Å². The molecule has 11 heteroatoms. The fourth-order valence-corrected chi connectivity index (χ4v) is 6.83. The molecular weight excluding hydrogens is 485 g/mol. The van der Waals surface area contributed by atoms with E-state index in [0.29, 0.717) is 76.0 Å². The summed E-state index contributed by atoms with van der Waals surface area (Å²) in [6.45, 7) is 8.82. The maximum atomic E-state index is 13.6. The first-order valence-corrected chi connectivity index (χ1v) is 14.3. The minimum atomic E-state index is -3.74. The van der Waals surface area contributed by atoms with Crippen molar-refractivity contribution in [1.29, 1.82) is 0 Å². The second-order valence-electron chi connectivity index (χ2n) is 9.59. The van der Waals surface area contributed by atoms with Crippen molar-refractivity contribution < 1.29 is 22.3 Å². The van der Waals surface area contributed by atoms with Gasteiger partial charge in [0.15, 0.2) is 0 Å². The molecule has 9 nitrogen and oxygen atoms in total. The molecule has 3 aliphatic heterocycles. The van der Waals surface area contributed by atoms with Crippen molar-refractivity contribution in [3.8, 4) is 5.75 Å². The highest BCUT2D eigenvalue weighted by Crippen LogP contribution is 2.39. The smallest absolute Gasteiger partial charge is 0.268 e. The van der Waals surface area contributed by atoms with Gasteiger partial charge in [-0.15, -0.1) is 0 Å². The van der Waals surface area contributed by atoms with Crippen molar-refractivity contribution in [2.45, 2.75) is 37.6 Å². The number of amides is 1. The number of rotatable bonds is 10. The fraction of sp³-hybridized carbons (Fsp3) is 0.640. The third-order valence-electron chi connectivity index (χ3n) is 7.04. The number of carbonyl (C=O) groups is 1. The SMILES string of the molecule is CCCN1CC2=C(C(=O)NC2c2cc(S(=O)(=O)N3CCN(CCCF)CC3)ccc2OCC)N(C)C1. The van der Waals surface area contributed by atoms with Crippen molar-refractivity contribution in [3.63, 3.8) is 0 Å². The Kier molecular flexibility index (Phi) is 8.54. The average Bonchev–Trinajstić information content (AvgIpc) is 3.20. The van der Waals surface area contributed by atoms with Gasteiger partial charge < -0.3 is 19.9 Å². The minimum Gasteiger partial charge on any atom is -0.494 e. The maximum Gasteiger partial charge on any atom is 0.268 e. The van der Waals surface area contributed by atoms with Crippen LogP contribution in [0, 0.1) is 0 Å². The van der Waals surface area contributed by atoms with Gasteiger partial charge in [-0.3, -0.25) is 14.1 Å². The van der Waals surface area contributed by atoms with Gasteiger partial charge in [-0.1, -0.05) is 6.92 Å². The van der Waals surface area contributed by atoms with Gasteiger partial charge in [0.25, 0.3) is 5.91 Å². The molecule has 1 unspecified atom stereocenters. The average molecular weight is 524 g/mol. The first kappa shape index (κ1) is 26.8. The summed E-state index contributed by atoms with van der Waals surface area (Å²) in [7, 11) is -1.82. The number of likely N-dealkylation sites (N-methyl/N-ethyl adjacent to an activating group) is 1. The van der Waals surface area contributed by atoms with Gasteiger partial charge >= 0.3 is 0 Å². The maximum absolute atomic E-state index is 13.6. The topological polar surface area (TPSA) is 85.4 Å². The lowest BCUT2D eigenvalue weighted by Crippen LogP contribution is -2.48. The van der Waals surface area contributed by atoms with Crippen LogP contribution in [-0.2, 0) is 14.8 Å². The molecule has 1 atom stereocenters. The van der Waals surface area contributed by atoms with E-state index >= 15 is 0 Å². The number of nitrogens with one attached hydrogen (secondary N) is 1. The van der Waals surface area contributed by atoms with E-state index in [-0.39, 0.29) is 17.5 Å². The second-order valence-corrected chi connectivity index (χ2v) is 11.5. The molecule has 3 aliphatic rings. The zero-order valence-electron chi connectivity index (χ0n) is 21.5. The van der Waals surface area contributed by atoms with Crippen LogP contribution in [-0.4, -0.2) is 106 Å². The van der Waals surface area contributed by atoms with Crippen LogP contribution in [0.5, 0.6) is 5.75 Å². The lowest BCUT2D eigenvalue weighted by Gasteiger charge is -2.35. The molecule has 0 saturated carbocycles. The van der Waals surface area contributed by atoms with E-state index in [1.807, 2.05) is 18.9 Å². The summed E-state index contributed by atoms with van der Waals surface area (Å²) in [4.78, 5) is 19.5. The third kappa shape index (κ3) is 5.39. The van der Waals surface area contributed by atoms with E-state index in [2.05, 4.69) is 22.0 Å². The Bertz CT molecular complexity index is 1090. The Labute approximate surface area is 213 Å². The van der Waals surface area contributed by atoms with Crippen LogP contribution in [0.4, 0.5) is 4.39 Å². The third-order valence-corrected chi connectivity index (χ3v) is 8.93. The van der Waals surface area contributed by atoms with Crippen LogP contribution in [0.1, 0.15) is 38.3 Å². The quantitative estimate of drug-likeness (QED) is 0.501. The standard InChI is InChI=1S/C25H38FN5O4S/c1-4-10-30-17-21-23(27-25(32)24(21)28(3)18-30)20-16-19(7-8-22(20)35-5-2)36(33,34)31-14-12-29(13-15-31)11-6-9-26/h7-8,16,23H,4-6,9-15,17-18H2,1-3H3,(H,27,32). The highest BCUT2D eigenvalue weighted by atomic mass is 32.2. The summed E-state index contributed by atoms with van der Waals surface area (Å²) < 4.78 is 47.0. The van der Waals surface area contributed by atoms with Crippen LogP contribution < -0.4 is 10.1 Å². The van der Waals surface area contributed by atoms with Crippen LogP contribution in [0.3, 0.4) is 0 Å². The van der Waals surface area contributed by atoms with Crippen LogP contribution >= 0.6 is 0 Å². The number of nitrogens with zero attached hydrogens (tertiary/aromatic N) is 4. The normalized spacial score (nSPS) is 22.2. The molecule has 36 heavy (non-hydrogen) atoms. The van der Waals surface area contributed by atoms with Crippen LogP contribution in [0.15, 0.2) is 34.4 Å². The lowest BCUT2D eigenvalue weighted by molar-refractivity contribution is -0.118. The summed E-state index contributed by atoms with van der Waals surface area (Å²) in [6, 6.07) is 4.49. The Morgan fingerprint density at radius 2 is 1.86 bits per heavy atom. The summed E-state index contributed by atoms with van der Waals surface area (Å²) in [6.07, 6.45) is 1.46. The molecule has 0 aliphatic carbocycles. The first-order valence-electron chi connectivity index (χ1n) is 12.8. The summed E-state index contributed by atoms with van der Waals surface area (Å²) in [5.74, 6) is 0.426. The summed E-state index contributed by atoms with van der Waals surface area (Å²) in [5, 5.41) is 3.08. The fourth-order valence-electron chi connectivity index (χ4n) is 5.37. The molecule has 0 radical (unpaired) electrons. The van der Waals surface area contributed by atoms with E-state index < -0.39 is 16.1 Å². The highest BCUT2D eigenvalue weighted by molar-refractivity contribution is 7.89. The van der Waals surface area contributed by atoms with Gasteiger partial charge in [-0.05, 0) is 50.1 Å². The Morgan fingerprint density at radius 1 is 1.11 bits per heavy atom. The first-order chi connectivity index (χ1) is 17.3. The van der Waals surface area contributed by atoms with Crippen molar-refractivity contribution >= 4 is 15.9 Å². The predicted molar refractivity (Wildman–Crippen MR) is 136 cm³/mol. The highest BCUT2D eigenvalue weighted by Gasteiger charge is 2.40. The zero-order chi connectivity index (χ0) is 25.9. The largest absolute Gasteiger partial charge is 0.494 e. The van der Waals surface area contributed by atoms with Crippen molar-refractivity contribution in [2.75, 3.05) is 72.8 Å². The van der Waals surface area contributed by atoms with E-state index in [1.165, 1.54) is 4.31 Å². The zero-order valence-corrected chi connectivity index (χ0v) is 22.3. The predicted octanol–water partition coefficient (Wildman–Crippen LogP) is 1.79. The number of sulfonamides is 1. The molecule has 1 aromatic rings. The van der Waals surface area contributed by atoms with E-state index in [4.69, 9.17) is 4.74 Å². The molecule has 3 heterocycles. The second kappa shape index (κ2) is 11.5. The van der Waals surface area contributed by atoms with Gasteiger partial charge in [-0.2, -0.15) is 4.31 Å². The molecule has 1 fully saturated rings. The Hall–Kier alpha value is -2.21.